The van der Waals surface area contributed by atoms with E-state index in [4.69, 9.17) is 0 Å². The lowest BCUT2D eigenvalue weighted by molar-refractivity contribution is -0.116. The highest BCUT2D eigenvalue weighted by Gasteiger charge is 2.13. The summed E-state index contributed by atoms with van der Waals surface area (Å²) in [5, 5.41) is 0. The van der Waals surface area contributed by atoms with Crippen LogP contribution in [0.5, 0.6) is 0 Å². The van der Waals surface area contributed by atoms with Gasteiger partial charge in [-0.2, -0.15) is 0 Å². The van der Waals surface area contributed by atoms with Gasteiger partial charge in [0.15, 0.2) is 5.78 Å². The third-order valence-electron chi connectivity index (χ3n) is 1.48. The molecule has 0 aromatic carbocycles. The molecule has 0 fully saturated rings. The largest absolute Gasteiger partial charge is 0.306 e. The fourth-order valence-electron chi connectivity index (χ4n) is 0.977. The van der Waals surface area contributed by atoms with E-state index in [-0.39, 0.29) is 11.2 Å². The van der Waals surface area contributed by atoms with E-state index in [1.807, 2.05) is 25.1 Å². The van der Waals surface area contributed by atoms with Crippen LogP contribution in [0.2, 0.25) is 0 Å². The van der Waals surface area contributed by atoms with Crippen LogP contribution in [-0.4, -0.2) is 31.3 Å². The maximum absolute atomic E-state index is 11.3. The summed E-state index contributed by atoms with van der Waals surface area (Å²) in [6.07, 6.45) is 4.22. The van der Waals surface area contributed by atoms with E-state index >= 15 is 0 Å². The Bertz CT molecular complexity index is 187. The van der Waals surface area contributed by atoms with Crippen molar-refractivity contribution in [2.75, 3.05) is 20.6 Å². The van der Waals surface area contributed by atoms with Gasteiger partial charge in [-0.15, -0.1) is 0 Å². The smallest absolute Gasteiger partial charge is 0.155 e. The Hall–Kier alpha value is -0.630. The normalized spacial score (nSPS) is 12.8. The second-order valence-electron chi connectivity index (χ2n) is 4.87. The summed E-state index contributed by atoms with van der Waals surface area (Å²) in [6, 6.07) is 0. The van der Waals surface area contributed by atoms with E-state index in [0.717, 1.165) is 6.54 Å². The number of carbonyl (C=O) groups is 1. The molecule has 0 N–H and O–H groups in total. The third kappa shape index (κ3) is 9.28. The lowest BCUT2D eigenvalue weighted by Crippen LogP contribution is -2.13. The molecule has 0 aromatic rings. The van der Waals surface area contributed by atoms with E-state index in [1.165, 1.54) is 0 Å². The van der Waals surface area contributed by atoms with Crippen molar-refractivity contribution >= 4 is 5.78 Å². The summed E-state index contributed by atoms with van der Waals surface area (Å²) >= 11 is 0. The lowest BCUT2D eigenvalue weighted by atomic mass is 9.90. The molecule has 76 valence electrons. The highest BCUT2D eigenvalue weighted by atomic mass is 16.1. The Morgan fingerprint density at radius 2 is 1.85 bits per heavy atom. The van der Waals surface area contributed by atoms with Crippen molar-refractivity contribution in [3.63, 3.8) is 0 Å². The first-order valence-electron chi connectivity index (χ1n) is 4.65. The maximum Gasteiger partial charge on any atom is 0.155 e. The monoisotopic (exact) mass is 183 g/mol. The molecule has 0 saturated carbocycles. The zero-order chi connectivity index (χ0) is 10.5. The molecule has 0 aliphatic heterocycles. The highest BCUT2D eigenvalue weighted by molar-refractivity contribution is 5.90. The Labute approximate surface area is 81.6 Å². The van der Waals surface area contributed by atoms with E-state index in [1.54, 1.807) is 6.08 Å². The van der Waals surface area contributed by atoms with Gasteiger partial charge >= 0.3 is 0 Å². The molecular weight excluding hydrogens is 162 g/mol. The van der Waals surface area contributed by atoms with Crippen LogP contribution in [-0.2, 0) is 4.79 Å². The van der Waals surface area contributed by atoms with Crippen LogP contribution in [0.25, 0.3) is 0 Å². The van der Waals surface area contributed by atoms with Gasteiger partial charge in [0.2, 0.25) is 0 Å². The summed E-state index contributed by atoms with van der Waals surface area (Å²) in [5.41, 5.74) is 0.0968. The Balaban J connectivity index is 3.81. The molecule has 0 unspecified atom stereocenters. The first-order chi connectivity index (χ1) is 5.81. The van der Waals surface area contributed by atoms with Crippen molar-refractivity contribution in [2.24, 2.45) is 5.41 Å². The molecule has 0 rings (SSSR count). The number of nitrogens with zero attached hydrogens (tertiary/aromatic N) is 1. The Morgan fingerprint density at radius 3 is 2.23 bits per heavy atom. The van der Waals surface area contributed by atoms with Crippen molar-refractivity contribution < 1.29 is 4.79 Å². The van der Waals surface area contributed by atoms with Crippen LogP contribution in [0.1, 0.15) is 27.2 Å². The molecule has 0 aliphatic carbocycles. The van der Waals surface area contributed by atoms with Crippen LogP contribution in [0.4, 0.5) is 0 Å². The van der Waals surface area contributed by atoms with Gasteiger partial charge in [-0.05, 0) is 25.6 Å². The SMILES string of the molecule is CN(C)C/C=C/C(=O)CC(C)(C)C. The molecule has 0 spiro atoms. The minimum Gasteiger partial charge on any atom is -0.306 e. The standard InChI is InChI=1S/C11H21NO/c1-11(2,3)9-10(13)7-6-8-12(4)5/h6-7H,8-9H2,1-5H3/b7-6+. The summed E-state index contributed by atoms with van der Waals surface area (Å²) < 4.78 is 0. The second kappa shape index (κ2) is 5.18. The molecule has 0 saturated heterocycles. The van der Waals surface area contributed by atoms with Gasteiger partial charge in [0.1, 0.15) is 0 Å². The average Bonchev–Trinajstić information content (AvgIpc) is 1.81. The van der Waals surface area contributed by atoms with Crippen molar-refractivity contribution in [3.05, 3.63) is 12.2 Å². The van der Waals surface area contributed by atoms with Crippen LogP contribution in [0, 0.1) is 5.41 Å². The van der Waals surface area contributed by atoms with Gasteiger partial charge in [0.05, 0.1) is 0 Å². The van der Waals surface area contributed by atoms with Gasteiger partial charge in [-0.25, -0.2) is 0 Å². The summed E-state index contributed by atoms with van der Waals surface area (Å²) in [4.78, 5) is 13.4. The molecule has 0 radical (unpaired) electrons. The van der Waals surface area contributed by atoms with Crippen molar-refractivity contribution in [3.8, 4) is 0 Å². The van der Waals surface area contributed by atoms with E-state index in [2.05, 4.69) is 20.8 Å². The third-order valence-corrected chi connectivity index (χ3v) is 1.48. The van der Waals surface area contributed by atoms with Crippen molar-refractivity contribution in [2.45, 2.75) is 27.2 Å². The predicted molar refractivity (Wildman–Crippen MR) is 56.8 cm³/mol. The van der Waals surface area contributed by atoms with Crippen molar-refractivity contribution in [1.29, 1.82) is 0 Å². The zero-order valence-electron chi connectivity index (χ0n) is 9.42. The Morgan fingerprint density at radius 1 is 1.31 bits per heavy atom. The fourth-order valence-corrected chi connectivity index (χ4v) is 0.977. The van der Waals surface area contributed by atoms with Crippen LogP contribution in [0.3, 0.4) is 0 Å². The van der Waals surface area contributed by atoms with E-state index in [0.29, 0.717) is 6.42 Å². The highest BCUT2D eigenvalue weighted by Crippen LogP contribution is 2.18. The number of ketones is 1. The minimum absolute atomic E-state index is 0.0968. The molecular formula is C11H21NO. The summed E-state index contributed by atoms with van der Waals surface area (Å²) in [5.74, 6) is 0.217. The topological polar surface area (TPSA) is 20.3 Å². The first-order valence-corrected chi connectivity index (χ1v) is 4.65. The number of allylic oxidation sites excluding steroid dienone is 1. The minimum atomic E-state index is 0.0968. The van der Waals surface area contributed by atoms with Crippen LogP contribution < -0.4 is 0 Å². The number of rotatable bonds is 4. The number of carbonyl (C=O) groups excluding carboxylic acids is 1. The van der Waals surface area contributed by atoms with E-state index < -0.39 is 0 Å². The van der Waals surface area contributed by atoms with Crippen LogP contribution >= 0.6 is 0 Å². The second-order valence-corrected chi connectivity index (χ2v) is 4.87. The predicted octanol–water partition coefficient (Wildman–Crippen LogP) is 2.11. The molecule has 0 aliphatic rings. The first kappa shape index (κ1) is 12.4. The van der Waals surface area contributed by atoms with Gasteiger partial charge < -0.3 is 4.90 Å². The lowest BCUT2D eigenvalue weighted by Gasteiger charge is -2.15. The number of hydrogen-bond donors (Lipinski definition) is 0. The average molecular weight is 183 g/mol. The van der Waals surface area contributed by atoms with E-state index in [9.17, 15) is 4.79 Å². The van der Waals surface area contributed by atoms with Gasteiger partial charge in [-0.1, -0.05) is 26.8 Å². The fraction of sp³-hybridized carbons (Fsp3) is 0.727. The molecule has 0 bridgehead atoms. The summed E-state index contributed by atoms with van der Waals surface area (Å²) in [7, 11) is 3.97. The van der Waals surface area contributed by atoms with Crippen LogP contribution in [0.15, 0.2) is 12.2 Å². The number of hydrogen-bond acceptors (Lipinski definition) is 2. The molecule has 0 amide bonds. The molecule has 0 heterocycles. The molecule has 2 nitrogen and oxygen atoms in total. The maximum atomic E-state index is 11.3. The van der Waals surface area contributed by atoms with Gasteiger partial charge in [0.25, 0.3) is 0 Å². The molecule has 0 atom stereocenters. The molecule has 13 heavy (non-hydrogen) atoms. The zero-order valence-corrected chi connectivity index (χ0v) is 9.42. The Kier molecular flexibility index (Phi) is 4.92. The molecule has 2 heteroatoms. The van der Waals surface area contributed by atoms with Crippen molar-refractivity contribution in [1.82, 2.24) is 4.90 Å². The van der Waals surface area contributed by atoms with Gasteiger partial charge in [0, 0.05) is 13.0 Å². The molecule has 0 aromatic heterocycles. The summed E-state index contributed by atoms with van der Waals surface area (Å²) in [6.45, 7) is 7.05. The van der Waals surface area contributed by atoms with Gasteiger partial charge in [-0.3, -0.25) is 4.79 Å². The quantitative estimate of drug-likeness (QED) is 0.622. The number of likely N-dealkylation sites (N-methyl/N-ethyl adjacent to an activating group) is 1.